The van der Waals surface area contributed by atoms with Crippen molar-refractivity contribution in [2.75, 3.05) is 18.5 Å². The molecule has 1 unspecified atom stereocenters. The highest BCUT2D eigenvalue weighted by molar-refractivity contribution is 9.10. The molecule has 2 N–H and O–H groups in total. The van der Waals surface area contributed by atoms with Gasteiger partial charge in [-0.3, -0.25) is 4.79 Å². The first-order valence-corrected chi connectivity index (χ1v) is 8.24. The molecular weight excluding hydrogens is 360 g/mol. The monoisotopic (exact) mass is 376 g/mol. The minimum atomic E-state index is -0.185. The van der Waals surface area contributed by atoms with Crippen molar-refractivity contribution in [3.63, 3.8) is 0 Å². The second-order valence-electron chi connectivity index (χ2n) is 5.27. The molecule has 1 aromatic heterocycles. The number of benzene rings is 1. The van der Waals surface area contributed by atoms with E-state index in [1.165, 1.54) is 12.4 Å². The van der Waals surface area contributed by atoms with Gasteiger partial charge in [-0.15, -0.1) is 0 Å². The van der Waals surface area contributed by atoms with Crippen molar-refractivity contribution < 1.29 is 9.53 Å². The molecule has 0 saturated carbocycles. The highest BCUT2D eigenvalue weighted by atomic mass is 79.9. The summed E-state index contributed by atoms with van der Waals surface area (Å²) in [4.78, 5) is 20.4. The Kier molecular flexibility index (Phi) is 5.19. The molecule has 0 spiro atoms. The number of nitrogens with one attached hydrogen (secondary N) is 2. The van der Waals surface area contributed by atoms with E-state index in [1.807, 2.05) is 24.3 Å². The number of nitrogens with zero attached hydrogens (tertiary/aromatic N) is 2. The molecule has 0 radical (unpaired) electrons. The lowest BCUT2D eigenvalue weighted by Crippen LogP contribution is -2.31. The van der Waals surface area contributed by atoms with Gasteiger partial charge in [0.25, 0.3) is 5.91 Å². The lowest BCUT2D eigenvalue weighted by molar-refractivity contribution is 0.0857. The van der Waals surface area contributed by atoms with Crippen LogP contribution in [-0.4, -0.2) is 35.1 Å². The van der Waals surface area contributed by atoms with Gasteiger partial charge in [-0.1, -0.05) is 15.9 Å². The SMILES string of the molecule is O=C(NCC1CCCO1)c1cnc(Nc2ccc(Br)cc2)nc1. The quantitative estimate of drug-likeness (QED) is 0.838. The third kappa shape index (κ3) is 4.49. The normalized spacial score (nSPS) is 17.0. The standard InChI is InChI=1S/C16H17BrN4O2/c17-12-3-5-13(6-4-12)21-16-19-8-11(9-20-16)15(22)18-10-14-2-1-7-23-14/h3-6,8-9,14H,1-2,7,10H2,(H,18,22)(H,19,20,21). The van der Waals surface area contributed by atoms with Crippen LogP contribution in [0.3, 0.4) is 0 Å². The van der Waals surface area contributed by atoms with Crippen LogP contribution in [0, 0.1) is 0 Å². The van der Waals surface area contributed by atoms with E-state index >= 15 is 0 Å². The predicted molar refractivity (Wildman–Crippen MR) is 90.8 cm³/mol. The highest BCUT2D eigenvalue weighted by Crippen LogP contribution is 2.17. The third-order valence-electron chi connectivity index (χ3n) is 3.53. The number of hydrogen-bond donors (Lipinski definition) is 2. The predicted octanol–water partition coefficient (Wildman–Crippen LogP) is 2.89. The van der Waals surface area contributed by atoms with Crippen molar-refractivity contribution in [1.29, 1.82) is 0 Å². The zero-order valence-electron chi connectivity index (χ0n) is 12.5. The topological polar surface area (TPSA) is 76.1 Å². The molecule has 2 aromatic rings. The summed E-state index contributed by atoms with van der Waals surface area (Å²) in [6, 6.07) is 7.68. The maximum atomic E-state index is 12.0. The molecule has 3 rings (SSSR count). The summed E-state index contributed by atoms with van der Waals surface area (Å²) in [5.41, 5.74) is 1.31. The number of carbonyl (C=O) groups excluding carboxylic acids is 1. The Morgan fingerprint density at radius 3 is 2.65 bits per heavy atom. The van der Waals surface area contributed by atoms with E-state index in [-0.39, 0.29) is 12.0 Å². The molecule has 7 heteroatoms. The van der Waals surface area contributed by atoms with Gasteiger partial charge in [0.2, 0.25) is 5.95 Å². The molecule has 1 amide bonds. The number of halogens is 1. The van der Waals surface area contributed by atoms with Crippen LogP contribution in [0.5, 0.6) is 0 Å². The summed E-state index contributed by atoms with van der Waals surface area (Å²) >= 11 is 3.38. The molecule has 0 aliphatic carbocycles. The molecule has 120 valence electrons. The van der Waals surface area contributed by atoms with Crippen molar-refractivity contribution >= 4 is 33.5 Å². The maximum Gasteiger partial charge on any atom is 0.254 e. The maximum absolute atomic E-state index is 12.0. The van der Waals surface area contributed by atoms with Crippen LogP contribution in [0.25, 0.3) is 0 Å². The first kappa shape index (κ1) is 15.9. The largest absolute Gasteiger partial charge is 0.376 e. The fourth-order valence-corrected chi connectivity index (χ4v) is 2.55. The molecule has 23 heavy (non-hydrogen) atoms. The van der Waals surface area contributed by atoms with Crippen molar-refractivity contribution in [2.24, 2.45) is 0 Å². The van der Waals surface area contributed by atoms with E-state index in [2.05, 4.69) is 36.5 Å². The molecular formula is C16H17BrN4O2. The fraction of sp³-hybridized carbons (Fsp3) is 0.312. The Hall–Kier alpha value is -1.99. The summed E-state index contributed by atoms with van der Waals surface area (Å²) in [7, 11) is 0. The molecule has 1 atom stereocenters. The number of ether oxygens (including phenoxy) is 1. The van der Waals surface area contributed by atoms with Gasteiger partial charge in [0.05, 0.1) is 11.7 Å². The van der Waals surface area contributed by atoms with Gasteiger partial charge in [0, 0.05) is 35.7 Å². The van der Waals surface area contributed by atoms with Crippen LogP contribution in [0.2, 0.25) is 0 Å². The summed E-state index contributed by atoms with van der Waals surface area (Å²) in [5, 5.41) is 5.93. The second-order valence-corrected chi connectivity index (χ2v) is 6.19. The first-order valence-electron chi connectivity index (χ1n) is 7.45. The second kappa shape index (κ2) is 7.52. The van der Waals surface area contributed by atoms with E-state index in [4.69, 9.17) is 4.74 Å². The van der Waals surface area contributed by atoms with Crippen molar-refractivity contribution in [2.45, 2.75) is 18.9 Å². The third-order valence-corrected chi connectivity index (χ3v) is 4.06. The van der Waals surface area contributed by atoms with Gasteiger partial charge >= 0.3 is 0 Å². The van der Waals surface area contributed by atoms with Crippen LogP contribution < -0.4 is 10.6 Å². The van der Waals surface area contributed by atoms with E-state index in [1.54, 1.807) is 0 Å². The number of anilines is 2. The van der Waals surface area contributed by atoms with Crippen LogP contribution in [0.1, 0.15) is 23.2 Å². The Morgan fingerprint density at radius 1 is 1.26 bits per heavy atom. The van der Waals surface area contributed by atoms with Crippen LogP contribution in [0.15, 0.2) is 41.1 Å². The lowest BCUT2D eigenvalue weighted by atomic mass is 10.2. The number of amides is 1. The molecule has 1 aliphatic heterocycles. The smallest absolute Gasteiger partial charge is 0.254 e. The Morgan fingerprint density at radius 2 is 2.00 bits per heavy atom. The molecule has 1 fully saturated rings. The zero-order chi connectivity index (χ0) is 16.1. The zero-order valence-corrected chi connectivity index (χ0v) is 14.0. The molecule has 1 aromatic carbocycles. The van der Waals surface area contributed by atoms with E-state index in [0.29, 0.717) is 18.1 Å². The van der Waals surface area contributed by atoms with Crippen LogP contribution in [-0.2, 0) is 4.74 Å². The number of rotatable bonds is 5. The van der Waals surface area contributed by atoms with Crippen LogP contribution in [0.4, 0.5) is 11.6 Å². The average molecular weight is 377 g/mol. The summed E-state index contributed by atoms with van der Waals surface area (Å²) < 4.78 is 6.48. The van der Waals surface area contributed by atoms with Gasteiger partial charge in [0.1, 0.15) is 0 Å². The number of hydrogen-bond acceptors (Lipinski definition) is 5. The van der Waals surface area contributed by atoms with E-state index in [9.17, 15) is 4.79 Å². The lowest BCUT2D eigenvalue weighted by Gasteiger charge is -2.10. The molecule has 1 aliphatic rings. The average Bonchev–Trinajstić information content (AvgIpc) is 3.09. The van der Waals surface area contributed by atoms with Gasteiger partial charge in [-0.05, 0) is 37.1 Å². The molecule has 6 nitrogen and oxygen atoms in total. The number of carbonyl (C=O) groups is 1. The molecule has 1 saturated heterocycles. The van der Waals surface area contributed by atoms with Gasteiger partial charge in [-0.25, -0.2) is 9.97 Å². The van der Waals surface area contributed by atoms with Gasteiger partial charge in [0.15, 0.2) is 0 Å². The molecule has 2 heterocycles. The summed E-state index contributed by atoms with van der Waals surface area (Å²) in [5.74, 6) is 0.263. The number of aromatic nitrogens is 2. The van der Waals surface area contributed by atoms with E-state index < -0.39 is 0 Å². The van der Waals surface area contributed by atoms with Crippen molar-refractivity contribution in [3.05, 3.63) is 46.7 Å². The van der Waals surface area contributed by atoms with Gasteiger partial charge < -0.3 is 15.4 Å². The van der Waals surface area contributed by atoms with Gasteiger partial charge in [-0.2, -0.15) is 0 Å². The summed E-state index contributed by atoms with van der Waals surface area (Å²) in [6.07, 6.45) is 5.20. The summed E-state index contributed by atoms with van der Waals surface area (Å²) in [6.45, 7) is 1.30. The molecule has 0 bridgehead atoms. The Balaban J connectivity index is 1.55. The minimum Gasteiger partial charge on any atom is -0.376 e. The van der Waals surface area contributed by atoms with Crippen molar-refractivity contribution in [1.82, 2.24) is 15.3 Å². The van der Waals surface area contributed by atoms with E-state index in [0.717, 1.165) is 29.6 Å². The Bertz CT molecular complexity index is 655. The Labute approximate surface area is 142 Å². The fourth-order valence-electron chi connectivity index (χ4n) is 2.29. The minimum absolute atomic E-state index is 0.123. The highest BCUT2D eigenvalue weighted by Gasteiger charge is 2.16. The first-order chi connectivity index (χ1) is 11.2. The van der Waals surface area contributed by atoms with Crippen LogP contribution >= 0.6 is 15.9 Å². The van der Waals surface area contributed by atoms with Crippen molar-refractivity contribution in [3.8, 4) is 0 Å².